The Balaban J connectivity index is 2.07. The first-order chi connectivity index (χ1) is 9.04. The Bertz CT molecular complexity index is 415. The van der Waals surface area contributed by atoms with Gasteiger partial charge in [0.15, 0.2) is 0 Å². The Morgan fingerprint density at radius 1 is 1.26 bits per heavy atom. The zero-order valence-electron chi connectivity index (χ0n) is 12.0. The maximum absolute atomic E-state index is 5.78. The lowest BCUT2D eigenvalue weighted by Crippen LogP contribution is -2.44. The molecule has 2 rings (SSSR count). The van der Waals surface area contributed by atoms with Crippen LogP contribution in [-0.2, 0) is 11.3 Å². The van der Waals surface area contributed by atoms with Gasteiger partial charge in [0.25, 0.3) is 0 Å². The number of hydrogen-bond acceptors (Lipinski definition) is 6. The first-order valence-corrected chi connectivity index (χ1v) is 6.73. The summed E-state index contributed by atoms with van der Waals surface area (Å²) in [5, 5.41) is 0. The number of anilines is 2. The van der Waals surface area contributed by atoms with Gasteiger partial charge in [-0.15, -0.1) is 0 Å². The molecule has 6 nitrogen and oxygen atoms in total. The highest BCUT2D eigenvalue weighted by molar-refractivity contribution is 5.43. The molecule has 2 N–H and O–H groups in total. The molecule has 0 spiro atoms. The van der Waals surface area contributed by atoms with E-state index in [0.29, 0.717) is 12.6 Å². The van der Waals surface area contributed by atoms with Gasteiger partial charge < -0.3 is 20.3 Å². The fourth-order valence-electron chi connectivity index (χ4n) is 2.03. The summed E-state index contributed by atoms with van der Waals surface area (Å²) in [5.41, 5.74) is 6.63. The summed E-state index contributed by atoms with van der Waals surface area (Å²) in [5.74, 6) is 1.22. The SMILES string of the molecule is CC(C)OCc1cc(N2CCN(C)CC2)nc(N)n1. The van der Waals surface area contributed by atoms with Crippen LogP contribution >= 0.6 is 0 Å². The Morgan fingerprint density at radius 3 is 2.58 bits per heavy atom. The molecule has 0 amide bonds. The van der Waals surface area contributed by atoms with Gasteiger partial charge in [0, 0.05) is 32.2 Å². The highest BCUT2D eigenvalue weighted by Crippen LogP contribution is 2.16. The topological polar surface area (TPSA) is 67.5 Å². The second-order valence-corrected chi connectivity index (χ2v) is 5.23. The van der Waals surface area contributed by atoms with Crippen molar-refractivity contribution in [3.05, 3.63) is 11.8 Å². The number of nitrogens with two attached hydrogens (primary N) is 1. The molecule has 1 aromatic heterocycles. The van der Waals surface area contributed by atoms with Gasteiger partial charge in [0.1, 0.15) is 5.82 Å². The lowest BCUT2D eigenvalue weighted by Gasteiger charge is -2.33. The largest absolute Gasteiger partial charge is 0.373 e. The minimum Gasteiger partial charge on any atom is -0.373 e. The summed E-state index contributed by atoms with van der Waals surface area (Å²) in [6.45, 7) is 8.52. The van der Waals surface area contributed by atoms with Crippen LogP contribution in [0.25, 0.3) is 0 Å². The molecule has 0 aromatic carbocycles. The van der Waals surface area contributed by atoms with Crippen LogP contribution in [0.4, 0.5) is 11.8 Å². The molecule has 1 fully saturated rings. The predicted octanol–water partition coefficient (Wildman–Crippen LogP) is 0.736. The van der Waals surface area contributed by atoms with Gasteiger partial charge in [0.05, 0.1) is 18.4 Å². The molecule has 0 radical (unpaired) electrons. The van der Waals surface area contributed by atoms with Crippen molar-refractivity contribution in [1.29, 1.82) is 0 Å². The summed E-state index contributed by atoms with van der Waals surface area (Å²) in [6.07, 6.45) is 0.184. The van der Waals surface area contributed by atoms with E-state index < -0.39 is 0 Å². The number of nitrogens with zero attached hydrogens (tertiary/aromatic N) is 4. The smallest absolute Gasteiger partial charge is 0.222 e. The zero-order chi connectivity index (χ0) is 13.8. The zero-order valence-corrected chi connectivity index (χ0v) is 12.0. The average molecular weight is 265 g/mol. The van der Waals surface area contributed by atoms with E-state index in [1.807, 2.05) is 19.9 Å². The van der Waals surface area contributed by atoms with Crippen LogP contribution in [-0.4, -0.2) is 54.2 Å². The quantitative estimate of drug-likeness (QED) is 0.866. The van der Waals surface area contributed by atoms with Crippen molar-refractivity contribution in [3.8, 4) is 0 Å². The Labute approximate surface area is 114 Å². The van der Waals surface area contributed by atoms with Crippen LogP contribution in [0.2, 0.25) is 0 Å². The first kappa shape index (κ1) is 14.0. The molecule has 1 aliphatic heterocycles. The van der Waals surface area contributed by atoms with Gasteiger partial charge in [-0.25, -0.2) is 4.98 Å². The number of likely N-dealkylation sites (N-methyl/N-ethyl adjacent to an activating group) is 1. The number of hydrogen-bond donors (Lipinski definition) is 1. The highest BCUT2D eigenvalue weighted by Gasteiger charge is 2.16. The maximum atomic E-state index is 5.78. The van der Waals surface area contributed by atoms with Crippen LogP contribution in [0.5, 0.6) is 0 Å². The van der Waals surface area contributed by atoms with Crippen molar-refractivity contribution >= 4 is 11.8 Å². The average Bonchev–Trinajstić information content (AvgIpc) is 2.36. The van der Waals surface area contributed by atoms with E-state index in [9.17, 15) is 0 Å². The molecule has 106 valence electrons. The van der Waals surface area contributed by atoms with Crippen LogP contribution in [0.1, 0.15) is 19.5 Å². The molecular formula is C13H23N5O. The van der Waals surface area contributed by atoms with Crippen molar-refractivity contribution in [3.63, 3.8) is 0 Å². The Morgan fingerprint density at radius 2 is 1.95 bits per heavy atom. The van der Waals surface area contributed by atoms with Gasteiger partial charge in [-0.05, 0) is 20.9 Å². The normalized spacial score (nSPS) is 17.2. The summed E-state index contributed by atoms with van der Waals surface area (Å²) in [4.78, 5) is 13.1. The standard InChI is InChI=1S/C13H23N5O/c1-10(2)19-9-11-8-12(16-13(14)15-11)18-6-4-17(3)5-7-18/h8,10H,4-7,9H2,1-3H3,(H2,14,15,16). The van der Waals surface area contributed by atoms with Crippen LogP contribution in [0.3, 0.4) is 0 Å². The van der Waals surface area contributed by atoms with E-state index in [1.54, 1.807) is 0 Å². The summed E-state index contributed by atoms with van der Waals surface area (Å²) in [7, 11) is 2.13. The third-order valence-corrected chi connectivity index (χ3v) is 3.17. The summed E-state index contributed by atoms with van der Waals surface area (Å²) >= 11 is 0. The third-order valence-electron chi connectivity index (χ3n) is 3.17. The van der Waals surface area contributed by atoms with Crippen molar-refractivity contribution in [2.24, 2.45) is 0 Å². The fraction of sp³-hybridized carbons (Fsp3) is 0.692. The Kier molecular flexibility index (Phi) is 4.55. The van der Waals surface area contributed by atoms with Crippen LogP contribution in [0, 0.1) is 0 Å². The molecule has 0 atom stereocenters. The molecular weight excluding hydrogens is 242 g/mol. The second kappa shape index (κ2) is 6.16. The molecule has 0 aliphatic carbocycles. The lowest BCUT2D eigenvalue weighted by atomic mass is 10.3. The number of piperazine rings is 1. The number of aromatic nitrogens is 2. The molecule has 6 heteroatoms. The minimum atomic E-state index is 0.184. The minimum absolute atomic E-state index is 0.184. The highest BCUT2D eigenvalue weighted by atomic mass is 16.5. The van der Waals surface area contributed by atoms with Gasteiger partial charge >= 0.3 is 0 Å². The lowest BCUT2D eigenvalue weighted by molar-refractivity contribution is 0.0636. The molecule has 2 heterocycles. The van der Waals surface area contributed by atoms with Gasteiger partial charge in [-0.3, -0.25) is 0 Å². The predicted molar refractivity (Wildman–Crippen MR) is 76.1 cm³/mol. The molecule has 1 aliphatic rings. The third kappa shape index (κ3) is 4.04. The van der Waals surface area contributed by atoms with E-state index in [4.69, 9.17) is 10.5 Å². The van der Waals surface area contributed by atoms with Crippen molar-refractivity contribution < 1.29 is 4.74 Å². The number of rotatable bonds is 4. The fourth-order valence-corrected chi connectivity index (χ4v) is 2.03. The summed E-state index contributed by atoms with van der Waals surface area (Å²) in [6, 6.07) is 1.98. The van der Waals surface area contributed by atoms with Crippen molar-refractivity contribution in [1.82, 2.24) is 14.9 Å². The monoisotopic (exact) mass is 265 g/mol. The first-order valence-electron chi connectivity index (χ1n) is 6.73. The van der Waals surface area contributed by atoms with E-state index in [0.717, 1.165) is 37.7 Å². The van der Waals surface area contributed by atoms with E-state index in [-0.39, 0.29) is 6.10 Å². The second-order valence-electron chi connectivity index (χ2n) is 5.23. The van der Waals surface area contributed by atoms with Gasteiger partial charge in [-0.1, -0.05) is 0 Å². The molecule has 19 heavy (non-hydrogen) atoms. The van der Waals surface area contributed by atoms with Crippen LogP contribution < -0.4 is 10.6 Å². The van der Waals surface area contributed by atoms with Gasteiger partial charge in [-0.2, -0.15) is 4.98 Å². The molecule has 1 aromatic rings. The molecule has 0 unspecified atom stereocenters. The summed E-state index contributed by atoms with van der Waals surface area (Å²) < 4.78 is 5.57. The van der Waals surface area contributed by atoms with E-state index in [1.165, 1.54) is 0 Å². The van der Waals surface area contributed by atoms with Crippen molar-refractivity contribution in [2.75, 3.05) is 43.9 Å². The maximum Gasteiger partial charge on any atom is 0.222 e. The van der Waals surface area contributed by atoms with Crippen molar-refractivity contribution in [2.45, 2.75) is 26.6 Å². The molecule has 0 bridgehead atoms. The van der Waals surface area contributed by atoms with E-state index in [2.05, 4.69) is 26.8 Å². The molecule has 0 saturated carbocycles. The Hall–Kier alpha value is -1.40. The number of nitrogen functional groups attached to an aromatic ring is 1. The van der Waals surface area contributed by atoms with Crippen LogP contribution in [0.15, 0.2) is 6.07 Å². The molecule has 1 saturated heterocycles. The number of ether oxygens (including phenoxy) is 1. The van der Waals surface area contributed by atoms with Gasteiger partial charge in [0.2, 0.25) is 5.95 Å². The van der Waals surface area contributed by atoms with E-state index >= 15 is 0 Å².